The SMILES string of the molecule is Cc1nc(=O)n(C2OC(CO)(N=[N+]=[N-])C(O)C2F)cc1F. The van der Waals surface area contributed by atoms with Gasteiger partial charge in [0.15, 0.2) is 18.2 Å². The maximum atomic E-state index is 14.1. The Morgan fingerprint density at radius 1 is 1.71 bits per heavy atom. The second-order valence-electron chi connectivity index (χ2n) is 4.45. The van der Waals surface area contributed by atoms with Crippen LogP contribution in [0.3, 0.4) is 0 Å². The van der Waals surface area contributed by atoms with Crippen LogP contribution in [-0.2, 0) is 4.74 Å². The van der Waals surface area contributed by atoms with Gasteiger partial charge in [-0.2, -0.15) is 4.98 Å². The highest BCUT2D eigenvalue weighted by molar-refractivity contribution is 5.04. The minimum absolute atomic E-state index is 0.186. The Morgan fingerprint density at radius 3 is 2.95 bits per heavy atom. The minimum atomic E-state index is -2.29. The van der Waals surface area contributed by atoms with Crippen molar-refractivity contribution in [2.75, 3.05) is 6.61 Å². The van der Waals surface area contributed by atoms with E-state index in [4.69, 9.17) is 10.3 Å². The molecule has 0 spiro atoms. The third-order valence-corrected chi connectivity index (χ3v) is 3.16. The predicted octanol–water partition coefficient (Wildman–Crippen LogP) is -0.0825. The van der Waals surface area contributed by atoms with Crippen molar-refractivity contribution in [1.82, 2.24) is 9.55 Å². The quantitative estimate of drug-likeness (QED) is 0.457. The highest BCUT2D eigenvalue weighted by atomic mass is 19.1. The fraction of sp³-hybridized carbons (Fsp3) is 0.600. The lowest BCUT2D eigenvalue weighted by Crippen LogP contribution is -2.43. The maximum Gasteiger partial charge on any atom is 0.350 e. The van der Waals surface area contributed by atoms with Crippen LogP contribution >= 0.6 is 0 Å². The minimum Gasteiger partial charge on any atom is -0.393 e. The lowest BCUT2D eigenvalue weighted by Gasteiger charge is -2.23. The average Bonchev–Trinajstić information content (AvgIpc) is 2.69. The van der Waals surface area contributed by atoms with Crippen molar-refractivity contribution in [2.24, 2.45) is 5.11 Å². The molecule has 0 radical (unpaired) electrons. The summed E-state index contributed by atoms with van der Waals surface area (Å²) in [4.78, 5) is 17.4. The summed E-state index contributed by atoms with van der Waals surface area (Å²) in [5, 5.41) is 21.9. The number of aliphatic hydroxyl groups excluding tert-OH is 2. The Hall–Kier alpha value is -2.07. The summed E-state index contributed by atoms with van der Waals surface area (Å²) in [6, 6.07) is 0. The van der Waals surface area contributed by atoms with E-state index < -0.39 is 42.3 Å². The second-order valence-corrected chi connectivity index (χ2v) is 4.45. The van der Waals surface area contributed by atoms with Crippen molar-refractivity contribution >= 4 is 0 Å². The molecule has 1 aliphatic heterocycles. The number of aryl methyl sites for hydroxylation is 1. The summed E-state index contributed by atoms with van der Waals surface area (Å²) in [5.74, 6) is -0.884. The van der Waals surface area contributed by atoms with Gasteiger partial charge in [-0.25, -0.2) is 13.6 Å². The molecule has 1 aromatic heterocycles. The van der Waals surface area contributed by atoms with Gasteiger partial charge in [-0.1, -0.05) is 5.11 Å². The topological polar surface area (TPSA) is 133 Å². The Bertz CT molecular complexity index is 661. The Kier molecular flexibility index (Phi) is 3.92. The van der Waals surface area contributed by atoms with Gasteiger partial charge in [-0.15, -0.1) is 0 Å². The molecule has 9 nitrogen and oxygen atoms in total. The van der Waals surface area contributed by atoms with Crippen LogP contribution in [0.1, 0.15) is 11.9 Å². The molecule has 2 N–H and O–H groups in total. The molecular weight excluding hydrogens is 292 g/mol. The van der Waals surface area contributed by atoms with Gasteiger partial charge in [0.1, 0.15) is 6.10 Å². The Morgan fingerprint density at radius 2 is 2.38 bits per heavy atom. The summed E-state index contributed by atoms with van der Waals surface area (Å²) >= 11 is 0. The van der Waals surface area contributed by atoms with Crippen LogP contribution < -0.4 is 5.69 Å². The standard InChI is InChI=1S/C10H11F2N5O4/c1-4-5(11)2-17(9(20)14-4)8-6(12)7(19)10(3-18,21-8)15-16-13/h2,6-8,18-19H,3H2,1H3. The zero-order valence-electron chi connectivity index (χ0n) is 10.7. The first-order valence-electron chi connectivity index (χ1n) is 5.78. The van der Waals surface area contributed by atoms with Crippen LogP contribution in [0, 0.1) is 12.7 Å². The van der Waals surface area contributed by atoms with E-state index in [0.29, 0.717) is 10.8 Å². The van der Waals surface area contributed by atoms with Crippen LogP contribution in [0.4, 0.5) is 8.78 Å². The van der Waals surface area contributed by atoms with Gasteiger partial charge in [-0.05, 0) is 12.5 Å². The van der Waals surface area contributed by atoms with E-state index >= 15 is 0 Å². The number of aromatic nitrogens is 2. The number of nitrogens with zero attached hydrogens (tertiary/aromatic N) is 5. The number of hydrogen-bond donors (Lipinski definition) is 2. The lowest BCUT2D eigenvalue weighted by molar-refractivity contribution is -0.124. The zero-order valence-corrected chi connectivity index (χ0v) is 10.7. The fourth-order valence-corrected chi connectivity index (χ4v) is 1.99. The highest BCUT2D eigenvalue weighted by Gasteiger charge is 2.56. The molecule has 1 fully saturated rings. The van der Waals surface area contributed by atoms with E-state index in [1.54, 1.807) is 0 Å². The van der Waals surface area contributed by atoms with Gasteiger partial charge in [-0.3, -0.25) is 4.57 Å². The van der Waals surface area contributed by atoms with Crippen LogP contribution in [0.5, 0.6) is 0 Å². The summed E-state index contributed by atoms with van der Waals surface area (Å²) in [7, 11) is 0. The number of hydrogen-bond acceptors (Lipinski definition) is 6. The summed E-state index contributed by atoms with van der Waals surface area (Å²) in [6.45, 7) is 0.224. The molecule has 2 heterocycles. The molecule has 1 aromatic rings. The van der Waals surface area contributed by atoms with Crippen molar-refractivity contribution in [3.63, 3.8) is 0 Å². The first-order chi connectivity index (χ1) is 9.86. The number of alkyl halides is 1. The van der Waals surface area contributed by atoms with Crippen molar-refractivity contribution in [3.8, 4) is 0 Å². The molecule has 4 unspecified atom stereocenters. The van der Waals surface area contributed by atoms with E-state index in [9.17, 15) is 23.8 Å². The van der Waals surface area contributed by atoms with Gasteiger partial charge in [0.2, 0.25) is 5.72 Å². The number of rotatable bonds is 3. The molecule has 0 amide bonds. The molecule has 4 atom stereocenters. The number of ether oxygens (including phenoxy) is 1. The zero-order chi connectivity index (χ0) is 15.8. The summed E-state index contributed by atoms with van der Waals surface area (Å²) in [6.07, 6.45) is -5.38. The van der Waals surface area contributed by atoms with Crippen molar-refractivity contribution in [1.29, 1.82) is 0 Å². The monoisotopic (exact) mass is 303 g/mol. The molecule has 0 aliphatic carbocycles. The van der Waals surface area contributed by atoms with Crippen LogP contribution in [-0.4, -0.2) is 44.4 Å². The molecule has 0 aromatic carbocycles. The van der Waals surface area contributed by atoms with Gasteiger partial charge in [0.25, 0.3) is 0 Å². The molecule has 114 valence electrons. The molecule has 11 heteroatoms. The molecule has 1 aliphatic rings. The van der Waals surface area contributed by atoms with E-state index in [2.05, 4.69) is 15.0 Å². The van der Waals surface area contributed by atoms with Crippen molar-refractivity contribution < 1.29 is 23.7 Å². The molecule has 1 saturated heterocycles. The van der Waals surface area contributed by atoms with Crippen molar-refractivity contribution in [3.05, 3.63) is 38.6 Å². The third-order valence-electron chi connectivity index (χ3n) is 3.16. The van der Waals surface area contributed by atoms with E-state index in [0.717, 1.165) is 0 Å². The van der Waals surface area contributed by atoms with Crippen molar-refractivity contribution in [2.45, 2.75) is 31.2 Å². The maximum absolute atomic E-state index is 14.1. The first kappa shape index (κ1) is 15.3. The molecular formula is C10H11F2N5O4. The van der Waals surface area contributed by atoms with E-state index in [1.807, 2.05) is 0 Å². The van der Waals surface area contributed by atoms with Gasteiger partial charge < -0.3 is 14.9 Å². The van der Waals surface area contributed by atoms with Crippen LogP contribution in [0.15, 0.2) is 16.1 Å². The summed E-state index contributed by atoms with van der Waals surface area (Å²) < 4.78 is 33.0. The first-order valence-corrected chi connectivity index (χ1v) is 5.78. The predicted molar refractivity (Wildman–Crippen MR) is 63.2 cm³/mol. The smallest absolute Gasteiger partial charge is 0.350 e. The van der Waals surface area contributed by atoms with Gasteiger partial charge >= 0.3 is 5.69 Å². The Labute approximate surface area is 116 Å². The van der Waals surface area contributed by atoms with Gasteiger partial charge in [0.05, 0.1) is 12.3 Å². The fourth-order valence-electron chi connectivity index (χ4n) is 1.99. The van der Waals surface area contributed by atoms with E-state index in [1.165, 1.54) is 6.92 Å². The van der Waals surface area contributed by atoms with Gasteiger partial charge in [0, 0.05) is 11.1 Å². The lowest BCUT2D eigenvalue weighted by atomic mass is 10.1. The normalized spacial score (nSPS) is 32.0. The number of halogens is 2. The largest absolute Gasteiger partial charge is 0.393 e. The molecule has 0 saturated carbocycles. The van der Waals surface area contributed by atoms with Crippen LogP contribution in [0.25, 0.3) is 10.4 Å². The molecule has 0 bridgehead atoms. The highest BCUT2D eigenvalue weighted by Crippen LogP contribution is 2.39. The van der Waals surface area contributed by atoms with E-state index in [-0.39, 0.29) is 5.69 Å². The summed E-state index contributed by atoms with van der Waals surface area (Å²) in [5.41, 5.74) is 4.92. The number of aliphatic hydroxyl groups is 2. The molecule has 21 heavy (non-hydrogen) atoms. The van der Waals surface area contributed by atoms with Crippen LogP contribution in [0.2, 0.25) is 0 Å². The second kappa shape index (κ2) is 5.37. The number of azide groups is 1. The Balaban J connectivity index is 2.50. The third kappa shape index (κ3) is 2.36. The average molecular weight is 303 g/mol. The molecule has 2 rings (SSSR count).